The highest BCUT2D eigenvalue weighted by atomic mass is 32.2. The van der Waals surface area contributed by atoms with Gasteiger partial charge in [0.1, 0.15) is 10.6 Å². The van der Waals surface area contributed by atoms with Gasteiger partial charge in [0.2, 0.25) is 0 Å². The molecule has 1 aliphatic carbocycles. The Balaban J connectivity index is 1.80. The lowest BCUT2D eigenvalue weighted by Crippen LogP contribution is -2.32. The molecule has 7 nitrogen and oxygen atoms in total. The Hall–Kier alpha value is -2.09. The van der Waals surface area contributed by atoms with E-state index >= 15 is 0 Å². The maximum absolute atomic E-state index is 12.4. The van der Waals surface area contributed by atoms with E-state index in [2.05, 4.69) is 9.82 Å². The van der Waals surface area contributed by atoms with Crippen LogP contribution in [-0.2, 0) is 16.6 Å². The number of carbonyl (C=O) groups excluding carboxylic acids is 1. The number of nitrogens with zero attached hydrogens (tertiary/aromatic N) is 3. The van der Waals surface area contributed by atoms with Gasteiger partial charge in [0, 0.05) is 25.0 Å². The fourth-order valence-electron chi connectivity index (χ4n) is 2.98. The van der Waals surface area contributed by atoms with Crippen LogP contribution in [0.2, 0.25) is 0 Å². The zero-order chi connectivity index (χ0) is 16.4. The van der Waals surface area contributed by atoms with Crippen molar-refractivity contribution >= 4 is 15.9 Å². The number of aryl methyl sites for hydroxylation is 1. The summed E-state index contributed by atoms with van der Waals surface area (Å²) in [5.74, 6) is -0.605. The van der Waals surface area contributed by atoms with E-state index in [9.17, 15) is 13.2 Å². The Labute approximate surface area is 135 Å². The molecule has 3 rings (SSSR count). The topological polar surface area (TPSA) is 86.0 Å². The Morgan fingerprint density at radius 2 is 2.13 bits per heavy atom. The Morgan fingerprint density at radius 1 is 1.39 bits per heavy atom. The van der Waals surface area contributed by atoms with E-state index in [1.54, 1.807) is 12.1 Å². The van der Waals surface area contributed by atoms with Crippen LogP contribution in [0, 0.1) is 0 Å². The number of hydrogen-bond acceptors (Lipinski definition) is 4. The lowest BCUT2D eigenvalue weighted by atomic mass is 10.2. The molecule has 2 heterocycles. The number of aromatic nitrogens is 3. The monoisotopic (exact) mass is 336 g/mol. The van der Waals surface area contributed by atoms with Crippen molar-refractivity contribution in [3.63, 3.8) is 0 Å². The molecule has 2 aromatic rings. The molecule has 0 aromatic carbocycles. The van der Waals surface area contributed by atoms with E-state index in [1.165, 1.54) is 17.1 Å². The van der Waals surface area contributed by atoms with Crippen LogP contribution in [0.5, 0.6) is 0 Å². The van der Waals surface area contributed by atoms with Crippen molar-refractivity contribution < 1.29 is 13.2 Å². The van der Waals surface area contributed by atoms with Crippen molar-refractivity contribution in [3.05, 3.63) is 36.4 Å². The minimum absolute atomic E-state index is 0.00771. The first-order chi connectivity index (χ1) is 11.0. The standard InChI is InChI=1S/C15H20N4O3S/c1-2-18-11-13(10-16-18)23(21,22)17-15(20)14-8-5-9-19(14)12-6-3-4-7-12/h5,8-12H,2-4,6-7H2,1H3,(H,17,20). The normalized spacial score (nSPS) is 15.9. The van der Waals surface area contributed by atoms with E-state index in [0.29, 0.717) is 12.2 Å². The molecule has 0 saturated heterocycles. The maximum Gasteiger partial charge on any atom is 0.281 e. The lowest BCUT2D eigenvalue weighted by Gasteiger charge is -2.15. The van der Waals surface area contributed by atoms with Crippen LogP contribution in [0.15, 0.2) is 35.6 Å². The van der Waals surface area contributed by atoms with Crippen molar-refractivity contribution in [2.45, 2.75) is 50.1 Å². The summed E-state index contributed by atoms with van der Waals surface area (Å²) in [5, 5.41) is 3.93. The van der Waals surface area contributed by atoms with Gasteiger partial charge in [-0.3, -0.25) is 9.48 Å². The second-order valence-corrected chi connectivity index (χ2v) is 7.39. The largest absolute Gasteiger partial charge is 0.340 e. The predicted octanol–water partition coefficient (Wildman–Crippen LogP) is 1.94. The van der Waals surface area contributed by atoms with Crippen LogP contribution in [0.4, 0.5) is 0 Å². The van der Waals surface area contributed by atoms with Crippen molar-refractivity contribution in [3.8, 4) is 0 Å². The van der Waals surface area contributed by atoms with Gasteiger partial charge in [-0.1, -0.05) is 12.8 Å². The van der Waals surface area contributed by atoms with Gasteiger partial charge in [0.25, 0.3) is 15.9 Å². The van der Waals surface area contributed by atoms with Crippen molar-refractivity contribution in [2.75, 3.05) is 0 Å². The van der Waals surface area contributed by atoms with Gasteiger partial charge < -0.3 is 4.57 Å². The molecule has 23 heavy (non-hydrogen) atoms. The second-order valence-electron chi connectivity index (χ2n) is 5.71. The molecule has 8 heteroatoms. The molecule has 1 amide bonds. The molecule has 1 aliphatic rings. The van der Waals surface area contributed by atoms with Crippen molar-refractivity contribution in [2.24, 2.45) is 0 Å². The Kier molecular flexibility index (Phi) is 4.25. The van der Waals surface area contributed by atoms with E-state index in [1.807, 2.05) is 17.7 Å². The van der Waals surface area contributed by atoms with Gasteiger partial charge in [-0.05, 0) is 31.9 Å². The smallest absolute Gasteiger partial charge is 0.281 e. The highest BCUT2D eigenvalue weighted by molar-refractivity contribution is 7.90. The van der Waals surface area contributed by atoms with Gasteiger partial charge in [-0.2, -0.15) is 5.10 Å². The highest BCUT2D eigenvalue weighted by Gasteiger charge is 2.25. The molecule has 1 N–H and O–H groups in total. The molecule has 0 radical (unpaired) electrons. The average Bonchev–Trinajstić information content (AvgIpc) is 3.25. The summed E-state index contributed by atoms with van der Waals surface area (Å²) in [5.41, 5.74) is 0.378. The summed E-state index contributed by atoms with van der Waals surface area (Å²) < 4.78 is 30.1. The molecule has 0 unspecified atom stereocenters. The number of amides is 1. The fourth-order valence-corrected chi connectivity index (χ4v) is 3.89. The van der Waals surface area contributed by atoms with Crippen molar-refractivity contribution in [1.82, 2.24) is 19.1 Å². The summed E-state index contributed by atoms with van der Waals surface area (Å²) in [6.45, 7) is 2.42. The minimum Gasteiger partial charge on any atom is -0.340 e. The summed E-state index contributed by atoms with van der Waals surface area (Å²) in [6, 6.07) is 3.70. The van der Waals surface area contributed by atoms with Crippen LogP contribution < -0.4 is 4.72 Å². The zero-order valence-electron chi connectivity index (χ0n) is 13.0. The van der Waals surface area contributed by atoms with E-state index in [4.69, 9.17) is 0 Å². The highest BCUT2D eigenvalue weighted by Crippen LogP contribution is 2.30. The summed E-state index contributed by atoms with van der Waals surface area (Å²) in [6.07, 6.45) is 8.81. The molecule has 0 bridgehead atoms. The third kappa shape index (κ3) is 3.17. The molecule has 1 fully saturated rings. The number of hydrogen-bond donors (Lipinski definition) is 1. The summed E-state index contributed by atoms with van der Waals surface area (Å²) >= 11 is 0. The van der Waals surface area contributed by atoms with Gasteiger partial charge >= 0.3 is 0 Å². The third-order valence-corrected chi connectivity index (χ3v) is 5.49. The molecule has 0 aliphatic heterocycles. The van der Waals surface area contributed by atoms with Crippen LogP contribution in [0.25, 0.3) is 0 Å². The third-order valence-electron chi connectivity index (χ3n) is 4.20. The van der Waals surface area contributed by atoms with Crippen LogP contribution in [0.3, 0.4) is 0 Å². The van der Waals surface area contributed by atoms with E-state index < -0.39 is 15.9 Å². The Bertz CT molecular complexity index is 800. The zero-order valence-corrected chi connectivity index (χ0v) is 13.8. The molecular formula is C15H20N4O3S. The van der Waals surface area contributed by atoms with Crippen LogP contribution in [-0.4, -0.2) is 28.7 Å². The molecule has 2 aromatic heterocycles. The molecular weight excluding hydrogens is 316 g/mol. The lowest BCUT2D eigenvalue weighted by molar-refractivity contribution is 0.0970. The number of sulfonamides is 1. The molecule has 1 saturated carbocycles. The van der Waals surface area contributed by atoms with Gasteiger partial charge in [-0.15, -0.1) is 0 Å². The number of nitrogens with one attached hydrogen (secondary N) is 1. The molecule has 0 spiro atoms. The Morgan fingerprint density at radius 3 is 2.78 bits per heavy atom. The quantitative estimate of drug-likeness (QED) is 0.904. The minimum atomic E-state index is -3.91. The SMILES string of the molecule is CCn1cc(S(=O)(=O)NC(=O)c2cccn2C2CCCC2)cn1. The van der Waals surface area contributed by atoms with Gasteiger partial charge in [0.05, 0.1) is 6.20 Å². The molecule has 0 atom stereocenters. The van der Waals surface area contributed by atoms with E-state index in [-0.39, 0.29) is 10.9 Å². The average molecular weight is 336 g/mol. The summed E-state index contributed by atoms with van der Waals surface area (Å²) in [7, 11) is -3.91. The fraction of sp³-hybridized carbons (Fsp3) is 0.467. The van der Waals surface area contributed by atoms with Crippen LogP contribution in [0.1, 0.15) is 49.1 Å². The van der Waals surface area contributed by atoms with Crippen molar-refractivity contribution in [1.29, 1.82) is 0 Å². The first kappa shape index (κ1) is 15.8. The predicted molar refractivity (Wildman–Crippen MR) is 84.5 cm³/mol. The second kappa shape index (κ2) is 6.19. The number of rotatable bonds is 5. The van der Waals surface area contributed by atoms with E-state index in [0.717, 1.165) is 25.7 Å². The van der Waals surface area contributed by atoms with Gasteiger partial charge in [0.15, 0.2) is 0 Å². The van der Waals surface area contributed by atoms with Crippen LogP contribution >= 0.6 is 0 Å². The first-order valence-corrected chi connectivity index (χ1v) is 9.26. The van der Waals surface area contributed by atoms with Gasteiger partial charge in [-0.25, -0.2) is 13.1 Å². The molecule has 124 valence electrons. The number of carbonyl (C=O) groups is 1. The first-order valence-electron chi connectivity index (χ1n) is 7.77. The summed E-state index contributed by atoms with van der Waals surface area (Å²) in [4.78, 5) is 12.4. The maximum atomic E-state index is 12.4.